The van der Waals surface area contributed by atoms with E-state index in [0.29, 0.717) is 38.8 Å². The second-order valence-electron chi connectivity index (χ2n) is 16.4. The first-order valence-electron chi connectivity index (χ1n) is 18.4. The number of aliphatic hydroxyl groups is 1. The van der Waals surface area contributed by atoms with Gasteiger partial charge in [-0.05, 0) is 117 Å². The number of benzene rings is 1. The summed E-state index contributed by atoms with van der Waals surface area (Å²) in [7, 11) is 1.73. The minimum Gasteiger partial charge on any atom is -0.496 e. The van der Waals surface area contributed by atoms with E-state index in [9.17, 15) is 14.7 Å². The molecule has 10 heteroatoms. The average molecular weight is 701 g/mol. The molecule has 3 heterocycles. The second kappa shape index (κ2) is 13.6. The second-order valence-corrected chi connectivity index (χ2v) is 17.5. The molecule has 1 atom stereocenters. The topological polar surface area (TPSA) is 114 Å². The molecule has 9 nitrogen and oxygen atoms in total. The van der Waals surface area contributed by atoms with Gasteiger partial charge in [0.25, 0.3) is 0 Å². The number of nitrogens with one attached hydrogen (secondary N) is 1. The lowest BCUT2D eigenvalue weighted by molar-refractivity contribution is -0.129. The van der Waals surface area contributed by atoms with Gasteiger partial charge in [0.1, 0.15) is 11.9 Å². The fourth-order valence-corrected chi connectivity index (χ4v) is 9.84. The van der Waals surface area contributed by atoms with Gasteiger partial charge >= 0.3 is 6.09 Å². The molecule has 2 bridgehead atoms. The summed E-state index contributed by atoms with van der Waals surface area (Å²) < 4.78 is 11.3. The van der Waals surface area contributed by atoms with Crippen molar-refractivity contribution < 1.29 is 24.2 Å². The largest absolute Gasteiger partial charge is 0.496 e. The van der Waals surface area contributed by atoms with Crippen molar-refractivity contribution in [1.82, 2.24) is 20.2 Å². The summed E-state index contributed by atoms with van der Waals surface area (Å²) in [5.74, 6) is 0.869. The van der Waals surface area contributed by atoms with Gasteiger partial charge in [0, 0.05) is 23.7 Å². The van der Waals surface area contributed by atoms with Crippen LogP contribution in [-0.4, -0.2) is 64.4 Å². The molecule has 1 saturated heterocycles. The first kappa shape index (κ1) is 34.9. The molecule has 2 amide bonds. The maximum Gasteiger partial charge on any atom is 0.410 e. The number of nitrogens with zero attached hydrogens (tertiary/aromatic N) is 3. The van der Waals surface area contributed by atoms with Crippen LogP contribution in [0.5, 0.6) is 5.75 Å². The summed E-state index contributed by atoms with van der Waals surface area (Å²) in [5.41, 5.74) is 4.65. The first-order valence-corrected chi connectivity index (χ1v) is 19.2. The molecule has 1 aromatic carbocycles. The van der Waals surface area contributed by atoms with Crippen molar-refractivity contribution >= 4 is 23.3 Å². The molecule has 0 spiro atoms. The maximum atomic E-state index is 14.2. The van der Waals surface area contributed by atoms with Crippen molar-refractivity contribution in [2.24, 2.45) is 11.3 Å². The number of β-amino-alcohol motifs (C(OH)–C–C–N with tert-alkyl or cyclic N) is 1. The monoisotopic (exact) mass is 700 g/mol. The van der Waals surface area contributed by atoms with Crippen LogP contribution in [0.4, 0.5) is 4.79 Å². The van der Waals surface area contributed by atoms with Crippen LogP contribution in [0.25, 0.3) is 10.4 Å². The predicted molar refractivity (Wildman–Crippen MR) is 194 cm³/mol. The van der Waals surface area contributed by atoms with E-state index in [1.807, 2.05) is 12.4 Å². The SMILES string of the molecule is COc1ccc(C23CCC(C(NC(=O)C4CCC(OC(=O)N5CC(O)C5)CC4)c4cc(-c5cnc(C(C)(C)C)s5)ccn4)(CC2)CC3)cc1C. The zero-order valence-electron chi connectivity index (χ0n) is 30.2. The summed E-state index contributed by atoms with van der Waals surface area (Å²) in [4.78, 5) is 39.0. The third kappa shape index (κ3) is 6.77. The number of hydrogen-bond donors (Lipinski definition) is 2. The Kier molecular flexibility index (Phi) is 9.48. The fraction of sp³-hybridized carbons (Fsp3) is 0.600. The smallest absolute Gasteiger partial charge is 0.410 e. The van der Waals surface area contributed by atoms with E-state index >= 15 is 0 Å². The number of aliphatic hydroxyl groups excluding tert-OH is 1. The normalized spacial score (nSPS) is 27.4. The Labute approximate surface area is 300 Å². The molecule has 0 radical (unpaired) electrons. The minimum atomic E-state index is -0.455. The molecule has 5 aliphatic rings. The van der Waals surface area contributed by atoms with Crippen molar-refractivity contribution in [2.45, 2.75) is 121 Å². The Morgan fingerprint density at radius 2 is 1.70 bits per heavy atom. The van der Waals surface area contributed by atoms with E-state index in [0.717, 1.165) is 65.4 Å². The lowest BCUT2D eigenvalue weighted by Crippen LogP contribution is -2.54. The van der Waals surface area contributed by atoms with E-state index in [-0.39, 0.29) is 46.3 Å². The molecule has 2 N–H and O–H groups in total. The van der Waals surface area contributed by atoms with Crippen molar-refractivity contribution in [2.75, 3.05) is 20.2 Å². The van der Waals surface area contributed by atoms with Gasteiger partial charge in [-0.25, -0.2) is 9.78 Å². The number of pyridine rings is 1. The lowest BCUT2D eigenvalue weighted by Gasteiger charge is -2.56. The van der Waals surface area contributed by atoms with E-state index in [1.54, 1.807) is 18.4 Å². The van der Waals surface area contributed by atoms with Crippen molar-refractivity contribution in [3.63, 3.8) is 0 Å². The van der Waals surface area contributed by atoms with E-state index in [1.165, 1.54) is 16.0 Å². The number of fused-ring (bicyclic) bond motifs is 3. The Bertz CT molecular complexity index is 1690. The Morgan fingerprint density at radius 1 is 1.00 bits per heavy atom. The van der Waals surface area contributed by atoms with E-state index in [2.05, 4.69) is 63.3 Å². The zero-order chi connectivity index (χ0) is 35.3. The summed E-state index contributed by atoms with van der Waals surface area (Å²) in [6.07, 6.45) is 11.9. The number of methoxy groups -OCH3 is 1. The van der Waals surface area contributed by atoms with Gasteiger partial charge in [0.05, 0.1) is 47.9 Å². The number of carbonyl (C=O) groups is 2. The Hall–Kier alpha value is -3.50. The Balaban J connectivity index is 1.11. The number of likely N-dealkylation sites (tertiary alicyclic amines) is 1. The standard InChI is InChI=1S/C40H52N4O5S/c1-25-20-28(8-11-32(25)48-5)39-13-16-40(17-14-39,18-15-39)34(31-21-27(12-19-41-31)33-22-42-36(50-33)38(2,3)4)43-35(46)26-6-9-30(10-7-26)49-37(47)44-23-29(45)24-44/h8,11-12,19-22,26,29-30,34,45H,6-7,9-10,13-18,23-24H2,1-5H3,(H,43,46). The Morgan fingerprint density at radius 3 is 2.30 bits per heavy atom. The highest BCUT2D eigenvalue weighted by molar-refractivity contribution is 7.15. The van der Waals surface area contributed by atoms with Gasteiger partial charge in [-0.3, -0.25) is 9.78 Å². The molecule has 1 aliphatic heterocycles. The van der Waals surface area contributed by atoms with Crippen LogP contribution in [-0.2, 0) is 20.4 Å². The van der Waals surface area contributed by atoms with Crippen LogP contribution in [0.15, 0.2) is 42.7 Å². The molecule has 1 unspecified atom stereocenters. The maximum absolute atomic E-state index is 14.2. The summed E-state index contributed by atoms with van der Waals surface area (Å²) in [6.45, 7) is 9.35. The molecule has 5 fully saturated rings. The zero-order valence-corrected chi connectivity index (χ0v) is 31.0. The van der Waals surface area contributed by atoms with Gasteiger partial charge in [0.15, 0.2) is 0 Å². The van der Waals surface area contributed by atoms with Gasteiger partial charge in [-0.1, -0.05) is 32.9 Å². The molecular weight excluding hydrogens is 649 g/mol. The van der Waals surface area contributed by atoms with E-state index < -0.39 is 6.10 Å². The average Bonchev–Trinajstić information content (AvgIpc) is 3.62. The number of aromatic nitrogens is 2. The molecule has 268 valence electrons. The molecule has 50 heavy (non-hydrogen) atoms. The van der Waals surface area contributed by atoms with Crippen LogP contribution in [0, 0.1) is 18.3 Å². The van der Waals surface area contributed by atoms with Crippen LogP contribution in [0.2, 0.25) is 0 Å². The summed E-state index contributed by atoms with van der Waals surface area (Å²) in [5, 5.41) is 14.2. The molecular formula is C40H52N4O5S. The first-order chi connectivity index (χ1) is 23.9. The number of rotatable bonds is 8. The van der Waals surface area contributed by atoms with Gasteiger partial charge in [-0.15, -0.1) is 11.3 Å². The van der Waals surface area contributed by atoms with Crippen LogP contribution in [0.1, 0.15) is 113 Å². The van der Waals surface area contributed by atoms with Gasteiger partial charge in [-0.2, -0.15) is 0 Å². The van der Waals surface area contributed by atoms with Gasteiger partial charge in [0.2, 0.25) is 5.91 Å². The molecule has 3 aromatic rings. The molecule has 2 aromatic heterocycles. The fourth-order valence-electron chi connectivity index (χ4n) is 8.87. The van der Waals surface area contributed by atoms with E-state index in [4.69, 9.17) is 19.4 Å². The van der Waals surface area contributed by atoms with Crippen LogP contribution in [0.3, 0.4) is 0 Å². The third-order valence-electron chi connectivity index (χ3n) is 12.2. The quantitative estimate of drug-likeness (QED) is 0.248. The predicted octanol–water partition coefficient (Wildman–Crippen LogP) is 7.64. The number of carbonyl (C=O) groups excluding carboxylic acids is 2. The molecule has 8 rings (SSSR count). The number of amides is 2. The highest BCUT2D eigenvalue weighted by Gasteiger charge is 2.54. The van der Waals surface area contributed by atoms with Crippen molar-refractivity contribution in [3.8, 4) is 16.2 Å². The lowest BCUT2D eigenvalue weighted by atomic mass is 9.49. The minimum absolute atomic E-state index is 0.0257. The van der Waals surface area contributed by atoms with Crippen molar-refractivity contribution in [3.05, 3.63) is 64.6 Å². The summed E-state index contributed by atoms with van der Waals surface area (Å²) >= 11 is 1.72. The molecule has 4 aliphatic carbocycles. The number of ether oxygens (including phenoxy) is 2. The molecule has 4 saturated carbocycles. The van der Waals surface area contributed by atoms with Gasteiger partial charge < -0.3 is 24.8 Å². The third-order valence-corrected chi connectivity index (χ3v) is 13.6. The highest BCUT2D eigenvalue weighted by Crippen LogP contribution is 2.62. The van der Waals surface area contributed by atoms with Crippen LogP contribution < -0.4 is 10.1 Å². The number of thiazole rings is 1. The summed E-state index contributed by atoms with van der Waals surface area (Å²) in [6, 6.07) is 10.7. The van der Waals surface area contributed by atoms with Crippen molar-refractivity contribution in [1.29, 1.82) is 0 Å². The highest BCUT2D eigenvalue weighted by atomic mass is 32.1. The number of hydrogen-bond acceptors (Lipinski definition) is 8. The number of aryl methyl sites for hydroxylation is 1. The van der Waals surface area contributed by atoms with Crippen LogP contribution >= 0.6 is 11.3 Å².